The molecule has 2 heteroatoms. The average molecular weight is 545 g/mol. The van der Waals surface area contributed by atoms with Crippen molar-refractivity contribution in [3.05, 3.63) is 148 Å². The normalized spacial score (nSPS) is 17.2. The molecular formula is C35H30BrN. The molecule has 182 valence electrons. The topological polar surface area (TPSA) is 3.24 Å². The summed E-state index contributed by atoms with van der Waals surface area (Å²) < 4.78 is 1.08. The van der Waals surface area contributed by atoms with Crippen LogP contribution in [0.5, 0.6) is 0 Å². The molecule has 0 atom stereocenters. The standard InChI is InChI=1S/C35H30BrN/c1-35(2)33-13-9-5-8-12-31(33)32-23-22-30(24-34(32)35)37(29-20-16-27(36)17-21-29)28-18-14-26(15-19-28)25-10-6-3-4-7-11-25/h3-6,8-12,14-24H,7,13H2,1-2H3. The first-order valence-electron chi connectivity index (χ1n) is 12.9. The van der Waals surface area contributed by atoms with E-state index in [9.17, 15) is 0 Å². The van der Waals surface area contributed by atoms with Gasteiger partial charge in [0.2, 0.25) is 0 Å². The average Bonchev–Trinajstić information content (AvgIpc) is 3.24. The summed E-state index contributed by atoms with van der Waals surface area (Å²) >= 11 is 3.61. The van der Waals surface area contributed by atoms with Crippen LogP contribution in [0.4, 0.5) is 17.1 Å². The van der Waals surface area contributed by atoms with Gasteiger partial charge in [-0.05, 0) is 94.8 Å². The number of nitrogens with zero attached hydrogens (tertiary/aromatic N) is 1. The van der Waals surface area contributed by atoms with Crippen molar-refractivity contribution < 1.29 is 0 Å². The highest BCUT2D eigenvalue weighted by molar-refractivity contribution is 9.10. The number of anilines is 3. The highest BCUT2D eigenvalue weighted by Crippen LogP contribution is 2.50. The lowest BCUT2D eigenvalue weighted by Gasteiger charge is -2.29. The quantitative estimate of drug-likeness (QED) is 0.316. The molecule has 0 saturated heterocycles. The Balaban J connectivity index is 1.44. The van der Waals surface area contributed by atoms with Crippen molar-refractivity contribution in [2.75, 3.05) is 4.90 Å². The first kappa shape index (κ1) is 23.8. The van der Waals surface area contributed by atoms with E-state index >= 15 is 0 Å². The molecule has 6 rings (SSSR count). The first-order chi connectivity index (χ1) is 18.0. The summed E-state index contributed by atoms with van der Waals surface area (Å²) in [5.74, 6) is 0. The molecule has 3 aromatic rings. The minimum absolute atomic E-state index is 0.0126. The Bertz CT molecular complexity index is 1520. The van der Waals surface area contributed by atoms with Gasteiger partial charge >= 0.3 is 0 Å². The molecular weight excluding hydrogens is 514 g/mol. The Morgan fingerprint density at radius 1 is 0.730 bits per heavy atom. The molecule has 0 bridgehead atoms. The van der Waals surface area contributed by atoms with Crippen LogP contribution in [0.3, 0.4) is 0 Å². The number of hydrogen-bond donors (Lipinski definition) is 0. The lowest BCUT2D eigenvalue weighted by atomic mass is 9.79. The minimum Gasteiger partial charge on any atom is -0.310 e. The summed E-state index contributed by atoms with van der Waals surface area (Å²) in [6.07, 6.45) is 21.7. The Morgan fingerprint density at radius 3 is 2.19 bits per heavy atom. The van der Waals surface area contributed by atoms with Gasteiger partial charge in [-0.25, -0.2) is 0 Å². The van der Waals surface area contributed by atoms with E-state index in [1.165, 1.54) is 39.1 Å². The SMILES string of the molecule is CC1(C)C2=C(C=CC=CC2)c2ccc(N(c3ccc(Br)cc3)c3ccc(C4=CCC=CC=C4)cc3)cc21. The number of halogens is 1. The zero-order chi connectivity index (χ0) is 25.4. The van der Waals surface area contributed by atoms with E-state index < -0.39 is 0 Å². The van der Waals surface area contributed by atoms with Crippen molar-refractivity contribution in [3.8, 4) is 0 Å². The van der Waals surface area contributed by atoms with E-state index in [1.54, 1.807) is 0 Å². The Kier molecular flexibility index (Phi) is 6.22. The second-order valence-electron chi connectivity index (χ2n) is 10.3. The molecule has 0 N–H and O–H groups in total. The largest absolute Gasteiger partial charge is 0.310 e. The second kappa shape index (κ2) is 9.68. The number of rotatable bonds is 4. The summed E-state index contributed by atoms with van der Waals surface area (Å²) in [6, 6.07) is 24.5. The number of hydrogen-bond acceptors (Lipinski definition) is 1. The van der Waals surface area contributed by atoms with Gasteiger partial charge < -0.3 is 4.90 Å². The van der Waals surface area contributed by atoms with E-state index in [4.69, 9.17) is 0 Å². The van der Waals surface area contributed by atoms with E-state index in [1.807, 2.05) is 0 Å². The lowest BCUT2D eigenvalue weighted by Crippen LogP contribution is -2.18. The maximum atomic E-state index is 3.61. The van der Waals surface area contributed by atoms with Crippen molar-refractivity contribution in [3.63, 3.8) is 0 Å². The molecule has 0 fully saturated rings. The fourth-order valence-electron chi connectivity index (χ4n) is 5.69. The second-order valence-corrected chi connectivity index (χ2v) is 11.2. The fourth-order valence-corrected chi connectivity index (χ4v) is 5.95. The first-order valence-corrected chi connectivity index (χ1v) is 13.7. The Hall–Kier alpha value is -3.62. The summed E-state index contributed by atoms with van der Waals surface area (Å²) in [5, 5.41) is 0. The predicted molar refractivity (Wildman–Crippen MR) is 163 cm³/mol. The van der Waals surface area contributed by atoms with Crippen LogP contribution in [0.2, 0.25) is 0 Å². The molecule has 0 radical (unpaired) electrons. The zero-order valence-corrected chi connectivity index (χ0v) is 22.9. The van der Waals surface area contributed by atoms with Crippen molar-refractivity contribution in [2.24, 2.45) is 0 Å². The van der Waals surface area contributed by atoms with Crippen LogP contribution in [0.15, 0.2) is 131 Å². The highest BCUT2D eigenvalue weighted by Gasteiger charge is 2.37. The maximum absolute atomic E-state index is 3.61. The molecule has 37 heavy (non-hydrogen) atoms. The third-order valence-electron chi connectivity index (χ3n) is 7.68. The third kappa shape index (κ3) is 4.40. The van der Waals surface area contributed by atoms with Gasteiger partial charge in [0.1, 0.15) is 0 Å². The number of allylic oxidation sites excluding steroid dienone is 12. The molecule has 0 amide bonds. The molecule has 0 heterocycles. The maximum Gasteiger partial charge on any atom is 0.0465 e. The van der Waals surface area contributed by atoms with Crippen LogP contribution in [0.25, 0.3) is 11.1 Å². The van der Waals surface area contributed by atoms with Gasteiger partial charge in [0.25, 0.3) is 0 Å². The van der Waals surface area contributed by atoms with Crippen LogP contribution in [0.1, 0.15) is 43.4 Å². The van der Waals surface area contributed by atoms with Crippen molar-refractivity contribution in [1.29, 1.82) is 0 Å². The van der Waals surface area contributed by atoms with Gasteiger partial charge in [-0.1, -0.05) is 103 Å². The number of benzene rings is 3. The van der Waals surface area contributed by atoms with Gasteiger partial charge in [0.05, 0.1) is 0 Å². The minimum atomic E-state index is -0.0126. The molecule has 3 aromatic carbocycles. The third-order valence-corrected chi connectivity index (χ3v) is 8.21. The molecule has 3 aliphatic rings. The van der Waals surface area contributed by atoms with E-state index in [0.717, 1.165) is 28.7 Å². The molecule has 1 nitrogen and oxygen atoms in total. The van der Waals surface area contributed by atoms with Gasteiger partial charge in [-0.15, -0.1) is 0 Å². The monoisotopic (exact) mass is 543 g/mol. The predicted octanol–water partition coefficient (Wildman–Crippen LogP) is 10.4. The van der Waals surface area contributed by atoms with Crippen LogP contribution >= 0.6 is 15.9 Å². The summed E-state index contributed by atoms with van der Waals surface area (Å²) in [5.41, 5.74) is 11.6. The molecule has 0 aromatic heterocycles. The summed E-state index contributed by atoms with van der Waals surface area (Å²) in [4.78, 5) is 2.37. The molecule has 0 saturated carbocycles. The van der Waals surface area contributed by atoms with Gasteiger partial charge in [0, 0.05) is 26.9 Å². The lowest BCUT2D eigenvalue weighted by molar-refractivity contribution is 0.626. The zero-order valence-electron chi connectivity index (χ0n) is 21.3. The van der Waals surface area contributed by atoms with Crippen LogP contribution in [-0.2, 0) is 5.41 Å². The Labute approximate surface area is 228 Å². The number of fused-ring (bicyclic) bond motifs is 2. The summed E-state index contributed by atoms with van der Waals surface area (Å²) in [7, 11) is 0. The van der Waals surface area contributed by atoms with Crippen LogP contribution in [-0.4, -0.2) is 0 Å². The molecule has 0 aliphatic heterocycles. The van der Waals surface area contributed by atoms with E-state index in [0.29, 0.717) is 0 Å². The van der Waals surface area contributed by atoms with Gasteiger partial charge in [0.15, 0.2) is 0 Å². The highest BCUT2D eigenvalue weighted by atomic mass is 79.9. The van der Waals surface area contributed by atoms with Crippen LogP contribution < -0.4 is 4.90 Å². The molecule has 0 unspecified atom stereocenters. The van der Waals surface area contributed by atoms with Crippen molar-refractivity contribution >= 4 is 44.1 Å². The Morgan fingerprint density at radius 2 is 1.41 bits per heavy atom. The summed E-state index contributed by atoms with van der Waals surface area (Å²) in [6.45, 7) is 4.74. The van der Waals surface area contributed by atoms with Gasteiger partial charge in [-0.3, -0.25) is 0 Å². The van der Waals surface area contributed by atoms with Crippen LogP contribution in [0, 0.1) is 0 Å². The molecule has 3 aliphatic carbocycles. The van der Waals surface area contributed by atoms with E-state index in [-0.39, 0.29) is 5.41 Å². The molecule has 0 spiro atoms. The smallest absolute Gasteiger partial charge is 0.0465 e. The van der Waals surface area contributed by atoms with Crippen molar-refractivity contribution in [1.82, 2.24) is 0 Å². The van der Waals surface area contributed by atoms with Gasteiger partial charge in [-0.2, -0.15) is 0 Å². The van der Waals surface area contributed by atoms with E-state index in [2.05, 4.69) is 156 Å². The van der Waals surface area contributed by atoms with Crippen molar-refractivity contribution in [2.45, 2.75) is 32.1 Å². The fraction of sp³-hybridized carbons (Fsp3) is 0.143.